The number of nitrogens with zero attached hydrogens (tertiary/aromatic N) is 2. The minimum atomic E-state index is 0.235. The number of carbonyl (C=O) groups is 1. The molecule has 0 saturated carbocycles. The molecule has 148 valence electrons. The first-order valence-corrected chi connectivity index (χ1v) is 9.94. The van der Waals surface area contributed by atoms with E-state index in [2.05, 4.69) is 41.0 Å². The van der Waals surface area contributed by atoms with E-state index in [0.717, 1.165) is 60.9 Å². The largest absolute Gasteiger partial charge is 0.454 e. The number of ether oxygens (including phenoxy) is 2. The molecule has 1 fully saturated rings. The molecule has 2 heterocycles. The van der Waals surface area contributed by atoms with Crippen molar-refractivity contribution in [1.29, 1.82) is 0 Å². The number of piperazine rings is 1. The lowest BCUT2D eigenvalue weighted by molar-refractivity contribution is 0.0842. The number of rotatable bonds is 5. The lowest BCUT2D eigenvalue weighted by atomic mass is 9.96. The van der Waals surface area contributed by atoms with Crippen molar-refractivity contribution in [1.82, 2.24) is 9.80 Å². The molecule has 2 aromatic carbocycles. The molecule has 0 radical (unpaired) electrons. The normalized spacial score (nSPS) is 17.1. The number of carbonyl (C=O) groups excluding carboxylic acids is 1. The molecule has 2 aliphatic rings. The van der Waals surface area contributed by atoms with Gasteiger partial charge in [-0.05, 0) is 49.6 Å². The molecule has 2 aromatic rings. The molecule has 1 saturated heterocycles. The Morgan fingerprint density at radius 3 is 2.25 bits per heavy atom. The predicted octanol–water partition coefficient (Wildman–Crippen LogP) is 3.34. The van der Waals surface area contributed by atoms with Crippen LogP contribution in [0.15, 0.2) is 30.3 Å². The van der Waals surface area contributed by atoms with Gasteiger partial charge in [-0.25, -0.2) is 0 Å². The average Bonchev–Trinajstić information content (AvgIpc) is 3.10. The summed E-state index contributed by atoms with van der Waals surface area (Å²) in [5.74, 6) is 1.90. The van der Waals surface area contributed by atoms with Crippen molar-refractivity contribution in [3.8, 4) is 11.5 Å². The molecule has 0 N–H and O–H groups in total. The predicted molar refractivity (Wildman–Crippen MR) is 109 cm³/mol. The van der Waals surface area contributed by atoms with Gasteiger partial charge in [-0.2, -0.15) is 0 Å². The summed E-state index contributed by atoms with van der Waals surface area (Å²) in [4.78, 5) is 17.6. The number of hydrogen-bond donors (Lipinski definition) is 0. The van der Waals surface area contributed by atoms with Gasteiger partial charge in [0.2, 0.25) is 6.79 Å². The summed E-state index contributed by atoms with van der Waals surface area (Å²) in [6, 6.07) is 10.4. The van der Waals surface area contributed by atoms with Crippen molar-refractivity contribution < 1.29 is 14.3 Å². The third kappa shape index (κ3) is 4.05. The number of ketones is 1. The van der Waals surface area contributed by atoms with Crippen LogP contribution in [-0.4, -0.2) is 55.1 Å². The smallest absolute Gasteiger partial charge is 0.231 e. The van der Waals surface area contributed by atoms with Gasteiger partial charge in [-0.15, -0.1) is 0 Å². The van der Waals surface area contributed by atoms with E-state index in [0.29, 0.717) is 13.3 Å². The highest BCUT2D eigenvalue weighted by Crippen LogP contribution is 2.32. The van der Waals surface area contributed by atoms with Gasteiger partial charge in [0, 0.05) is 38.3 Å². The maximum Gasteiger partial charge on any atom is 0.231 e. The fourth-order valence-electron chi connectivity index (χ4n) is 4.31. The fourth-order valence-corrected chi connectivity index (χ4v) is 4.31. The molecule has 2 aliphatic heterocycles. The Hall–Kier alpha value is -2.37. The van der Waals surface area contributed by atoms with Crippen LogP contribution in [-0.2, 0) is 6.54 Å². The summed E-state index contributed by atoms with van der Waals surface area (Å²) >= 11 is 0. The van der Waals surface area contributed by atoms with Crippen LogP contribution in [0, 0.1) is 20.8 Å². The maximum atomic E-state index is 12.9. The first-order chi connectivity index (χ1) is 13.5. The van der Waals surface area contributed by atoms with Gasteiger partial charge >= 0.3 is 0 Å². The lowest BCUT2D eigenvalue weighted by Crippen LogP contribution is -2.47. The number of aryl methyl sites for hydroxylation is 3. The SMILES string of the molecule is Cc1cc(C)c(C(=O)CN2CCN(Cc3ccc4c(c3)OCO4)CC2)c(C)c1. The van der Waals surface area contributed by atoms with Crippen molar-refractivity contribution in [2.45, 2.75) is 27.3 Å². The Kier molecular flexibility index (Phi) is 5.38. The molecule has 0 unspecified atom stereocenters. The van der Waals surface area contributed by atoms with Crippen LogP contribution in [0.25, 0.3) is 0 Å². The first kappa shape index (κ1) is 19.0. The molecule has 4 rings (SSSR count). The second-order valence-electron chi connectivity index (χ2n) is 7.94. The molecule has 28 heavy (non-hydrogen) atoms. The summed E-state index contributed by atoms with van der Waals surface area (Å²) in [6.07, 6.45) is 0. The third-order valence-electron chi connectivity index (χ3n) is 5.63. The van der Waals surface area contributed by atoms with Gasteiger partial charge in [-0.1, -0.05) is 23.8 Å². The molecule has 5 nitrogen and oxygen atoms in total. The second kappa shape index (κ2) is 7.94. The quantitative estimate of drug-likeness (QED) is 0.744. The molecule has 0 amide bonds. The number of Topliss-reactive ketones (excluding diaryl/α,β-unsaturated/α-hetero) is 1. The molecule has 0 spiro atoms. The highest BCUT2D eigenvalue weighted by molar-refractivity contribution is 6.00. The standard InChI is InChI=1S/C23H28N2O3/c1-16-10-17(2)23(18(3)11-16)20(26)14-25-8-6-24(7-9-25)13-19-4-5-21-22(12-19)28-15-27-21/h4-5,10-12H,6-9,13-15H2,1-3H3. The van der Waals surface area contributed by atoms with Crippen LogP contribution in [0.1, 0.15) is 32.6 Å². The van der Waals surface area contributed by atoms with Crippen molar-refractivity contribution in [3.63, 3.8) is 0 Å². The molecule has 0 aliphatic carbocycles. The highest BCUT2D eigenvalue weighted by atomic mass is 16.7. The Bertz CT molecular complexity index is 862. The van der Waals surface area contributed by atoms with Crippen molar-refractivity contribution in [2.75, 3.05) is 39.5 Å². The minimum Gasteiger partial charge on any atom is -0.454 e. The summed E-state index contributed by atoms with van der Waals surface area (Å²) < 4.78 is 10.9. The molecule has 5 heteroatoms. The summed E-state index contributed by atoms with van der Waals surface area (Å²) in [5, 5.41) is 0. The Balaban J connectivity index is 1.31. The zero-order chi connectivity index (χ0) is 19.7. The third-order valence-corrected chi connectivity index (χ3v) is 5.63. The van der Waals surface area contributed by atoms with E-state index in [-0.39, 0.29) is 5.78 Å². The lowest BCUT2D eigenvalue weighted by Gasteiger charge is -2.34. The number of hydrogen-bond acceptors (Lipinski definition) is 5. The summed E-state index contributed by atoms with van der Waals surface area (Å²) in [5.41, 5.74) is 5.52. The highest BCUT2D eigenvalue weighted by Gasteiger charge is 2.22. The minimum absolute atomic E-state index is 0.235. The fraction of sp³-hybridized carbons (Fsp3) is 0.435. The van der Waals surface area contributed by atoms with E-state index < -0.39 is 0 Å². The van der Waals surface area contributed by atoms with Crippen LogP contribution >= 0.6 is 0 Å². The molecule has 0 aromatic heterocycles. The molecular weight excluding hydrogens is 352 g/mol. The Labute approximate surface area is 166 Å². The van der Waals surface area contributed by atoms with Crippen LogP contribution in [0.2, 0.25) is 0 Å². The molecule has 0 atom stereocenters. The summed E-state index contributed by atoms with van der Waals surface area (Å²) in [6.45, 7) is 11.6. The number of fused-ring (bicyclic) bond motifs is 1. The zero-order valence-corrected chi connectivity index (χ0v) is 17.0. The van der Waals surface area contributed by atoms with Crippen molar-refractivity contribution in [2.24, 2.45) is 0 Å². The molecular formula is C23H28N2O3. The van der Waals surface area contributed by atoms with E-state index >= 15 is 0 Å². The van der Waals surface area contributed by atoms with Crippen LogP contribution in [0.4, 0.5) is 0 Å². The van der Waals surface area contributed by atoms with Gasteiger partial charge in [-0.3, -0.25) is 14.6 Å². The van der Waals surface area contributed by atoms with Crippen LogP contribution < -0.4 is 9.47 Å². The Morgan fingerprint density at radius 1 is 0.893 bits per heavy atom. The maximum absolute atomic E-state index is 12.9. The zero-order valence-electron chi connectivity index (χ0n) is 17.0. The van der Waals surface area contributed by atoms with E-state index in [1.165, 1.54) is 11.1 Å². The van der Waals surface area contributed by atoms with Gasteiger partial charge in [0.15, 0.2) is 17.3 Å². The monoisotopic (exact) mass is 380 g/mol. The topological polar surface area (TPSA) is 42.0 Å². The van der Waals surface area contributed by atoms with Crippen LogP contribution in [0.3, 0.4) is 0 Å². The van der Waals surface area contributed by atoms with E-state index in [1.54, 1.807) is 0 Å². The second-order valence-corrected chi connectivity index (χ2v) is 7.94. The van der Waals surface area contributed by atoms with E-state index in [9.17, 15) is 4.79 Å². The summed E-state index contributed by atoms with van der Waals surface area (Å²) in [7, 11) is 0. The van der Waals surface area contributed by atoms with Crippen molar-refractivity contribution >= 4 is 5.78 Å². The van der Waals surface area contributed by atoms with Crippen molar-refractivity contribution in [3.05, 3.63) is 58.1 Å². The van der Waals surface area contributed by atoms with Gasteiger partial charge < -0.3 is 9.47 Å². The van der Waals surface area contributed by atoms with Gasteiger partial charge in [0.25, 0.3) is 0 Å². The first-order valence-electron chi connectivity index (χ1n) is 9.94. The Morgan fingerprint density at radius 2 is 1.54 bits per heavy atom. The van der Waals surface area contributed by atoms with Gasteiger partial charge in [0.05, 0.1) is 6.54 Å². The van der Waals surface area contributed by atoms with Crippen LogP contribution in [0.5, 0.6) is 11.5 Å². The average molecular weight is 380 g/mol. The molecule has 0 bridgehead atoms. The number of benzene rings is 2. The van der Waals surface area contributed by atoms with E-state index in [1.807, 2.05) is 19.9 Å². The van der Waals surface area contributed by atoms with Gasteiger partial charge in [0.1, 0.15) is 0 Å². The van der Waals surface area contributed by atoms with E-state index in [4.69, 9.17) is 9.47 Å².